The molecule has 0 saturated carbocycles. The van der Waals surface area contributed by atoms with Crippen LogP contribution in [0, 0.1) is 0 Å². The van der Waals surface area contributed by atoms with Crippen molar-refractivity contribution in [1.82, 2.24) is 10.2 Å². The van der Waals surface area contributed by atoms with Gasteiger partial charge in [-0.3, -0.25) is 4.90 Å². The van der Waals surface area contributed by atoms with Crippen LogP contribution in [0.25, 0.3) is 0 Å². The Labute approximate surface area is 114 Å². The van der Waals surface area contributed by atoms with Crippen LogP contribution in [0.5, 0.6) is 0 Å². The molecule has 2 aliphatic heterocycles. The molecule has 2 saturated heterocycles. The summed E-state index contributed by atoms with van der Waals surface area (Å²) in [6.07, 6.45) is 2.04. The maximum absolute atomic E-state index is 10.7. The summed E-state index contributed by atoms with van der Waals surface area (Å²) < 4.78 is 10.7. The van der Waals surface area contributed by atoms with Gasteiger partial charge in [-0.15, -0.1) is 0 Å². The fraction of sp³-hybridized carbons (Fsp3) is 0.923. The van der Waals surface area contributed by atoms with Crippen molar-refractivity contribution in [3.63, 3.8) is 0 Å². The van der Waals surface area contributed by atoms with Gasteiger partial charge in [0.15, 0.2) is 6.10 Å². The number of morpholine rings is 1. The summed E-state index contributed by atoms with van der Waals surface area (Å²) in [5.74, 6) is -0.838. The van der Waals surface area contributed by atoms with Gasteiger partial charge in [0.25, 0.3) is 0 Å². The number of hydrogen-bond donors (Lipinski definition) is 2. The summed E-state index contributed by atoms with van der Waals surface area (Å²) in [7, 11) is 0. The summed E-state index contributed by atoms with van der Waals surface area (Å²) in [6, 6.07) is 0. The van der Waals surface area contributed by atoms with Crippen molar-refractivity contribution < 1.29 is 19.4 Å². The second-order valence-electron chi connectivity index (χ2n) is 5.17. The van der Waals surface area contributed by atoms with Crippen LogP contribution in [0.15, 0.2) is 0 Å². The van der Waals surface area contributed by atoms with E-state index in [0.717, 1.165) is 58.8 Å². The molecule has 6 heteroatoms. The van der Waals surface area contributed by atoms with E-state index in [-0.39, 0.29) is 6.10 Å². The number of aliphatic carboxylic acids is 1. The minimum atomic E-state index is -0.838. The molecule has 0 radical (unpaired) electrons. The van der Waals surface area contributed by atoms with Gasteiger partial charge in [0.2, 0.25) is 0 Å². The van der Waals surface area contributed by atoms with E-state index in [1.165, 1.54) is 0 Å². The first kappa shape index (κ1) is 14.7. The third kappa shape index (κ3) is 5.06. The molecule has 2 rings (SSSR count). The van der Waals surface area contributed by atoms with Crippen molar-refractivity contribution in [3.05, 3.63) is 0 Å². The molecule has 0 amide bonds. The van der Waals surface area contributed by atoms with Crippen molar-refractivity contribution in [2.24, 2.45) is 0 Å². The molecule has 2 N–H and O–H groups in total. The SMILES string of the molecule is O=C(O)C1CCC(CNCCCN2CCOCC2)O1. The zero-order valence-corrected chi connectivity index (χ0v) is 11.3. The highest BCUT2D eigenvalue weighted by Crippen LogP contribution is 2.19. The molecule has 0 aromatic carbocycles. The summed E-state index contributed by atoms with van der Waals surface area (Å²) in [6.45, 7) is 6.57. The minimum Gasteiger partial charge on any atom is -0.479 e. The molecule has 2 aliphatic rings. The first-order valence-corrected chi connectivity index (χ1v) is 7.15. The van der Waals surface area contributed by atoms with E-state index < -0.39 is 12.1 Å². The third-order valence-electron chi connectivity index (χ3n) is 3.69. The summed E-state index contributed by atoms with van der Waals surface area (Å²) in [5, 5.41) is 12.2. The van der Waals surface area contributed by atoms with E-state index in [1.54, 1.807) is 0 Å². The number of rotatable bonds is 7. The van der Waals surface area contributed by atoms with Crippen LogP contribution >= 0.6 is 0 Å². The Morgan fingerprint density at radius 3 is 2.79 bits per heavy atom. The quantitative estimate of drug-likeness (QED) is 0.632. The second-order valence-corrected chi connectivity index (χ2v) is 5.17. The van der Waals surface area contributed by atoms with Gasteiger partial charge in [0, 0.05) is 19.6 Å². The molecule has 2 fully saturated rings. The first-order chi connectivity index (χ1) is 9.25. The standard InChI is InChI=1S/C13H24N2O4/c16-13(17)12-3-2-11(19-12)10-14-4-1-5-15-6-8-18-9-7-15/h11-12,14H,1-10H2,(H,16,17). The Morgan fingerprint density at radius 1 is 1.32 bits per heavy atom. The molecule has 0 aliphatic carbocycles. The van der Waals surface area contributed by atoms with Crippen molar-refractivity contribution in [2.45, 2.75) is 31.5 Å². The largest absolute Gasteiger partial charge is 0.479 e. The van der Waals surface area contributed by atoms with Crippen LogP contribution in [0.2, 0.25) is 0 Å². The zero-order chi connectivity index (χ0) is 13.5. The number of carboxylic acids is 1. The zero-order valence-electron chi connectivity index (χ0n) is 11.3. The molecular formula is C13H24N2O4. The normalized spacial score (nSPS) is 28.6. The number of carboxylic acid groups (broad SMARTS) is 1. The van der Waals surface area contributed by atoms with Gasteiger partial charge >= 0.3 is 5.97 Å². The summed E-state index contributed by atoms with van der Waals surface area (Å²) in [4.78, 5) is 13.2. The molecular weight excluding hydrogens is 248 g/mol. The highest BCUT2D eigenvalue weighted by molar-refractivity contribution is 5.72. The lowest BCUT2D eigenvalue weighted by atomic mass is 10.2. The second kappa shape index (κ2) is 7.79. The van der Waals surface area contributed by atoms with E-state index in [4.69, 9.17) is 14.6 Å². The molecule has 0 aromatic heterocycles. The Balaban J connectivity index is 1.47. The highest BCUT2D eigenvalue weighted by atomic mass is 16.5. The third-order valence-corrected chi connectivity index (χ3v) is 3.69. The molecule has 2 unspecified atom stereocenters. The monoisotopic (exact) mass is 272 g/mol. The van der Waals surface area contributed by atoms with Crippen LogP contribution in [-0.2, 0) is 14.3 Å². The number of nitrogens with zero attached hydrogens (tertiary/aromatic N) is 1. The van der Waals surface area contributed by atoms with Gasteiger partial charge in [0.05, 0.1) is 19.3 Å². The number of nitrogens with one attached hydrogen (secondary N) is 1. The first-order valence-electron chi connectivity index (χ1n) is 7.15. The van der Waals surface area contributed by atoms with Crippen LogP contribution < -0.4 is 5.32 Å². The lowest BCUT2D eigenvalue weighted by molar-refractivity contribution is -0.149. The fourth-order valence-corrected chi connectivity index (χ4v) is 2.55. The van der Waals surface area contributed by atoms with E-state index in [9.17, 15) is 4.79 Å². The van der Waals surface area contributed by atoms with Crippen molar-refractivity contribution in [3.8, 4) is 0 Å². The Morgan fingerprint density at radius 2 is 2.11 bits per heavy atom. The van der Waals surface area contributed by atoms with Gasteiger partial charge < -0.3 is 19.9 Å². The predicted molar refractivity (Wildman–Crippen MR) is 70.3 cm³/mol. The molecule has 2 atom stereocenters. The van der Waals surface area contributed by atoms with E-state index in [2.05, 4.69) is 10.2 Å². The van der Waals surface area contributed by atoms with Crippen LogP contribution in [-0.4, -0.2) is 74.1 Å². The lowest BCUT2D eigenvalue weighted by Gasteiger charge is -2.26. The summed E-state index contributed by atoms with van der Waals surface area (Å²) in [5.41, 5.74) is 0. The molecule has 19 heavy (non-hydrogen) atoms. The van der Waals surface area contributed by atoms with E-state index >= 15 is 0 Å². The van der Waals surface area contributed by atoms with Gasteiger partial charge in [-0.05, 0) is 32.4 Å². The Hall–Kier alpha value is -0.690. The molecule has 110 valence electrons. The van der Waals surface area contributed by atoms with Gasteiger partial charge in [0.1, 0.15) is 0 Å². The Kier molecular flexibility index (Phi) is 6.03. The molecule has 0 aromatic rings. The lowest BCUT2D eigenvalue weighted by Crippen LogP contribution is -2.38. The van der Waals surface area contributed by atoms with Gasteiger partial charge in [-0.25, -0.2) is 4.79 Å². The average Bonchev–Trinajstić information content (AvgIpc) is 2.89. The van der Waals surface area contributed by atoms with Crippen LogP contribution in [0.3, 0.4) is 0 Å². The minimum absolute atomic E-state index is 0.0597. The van der Waals surface area contributed by atoms with E-state index in [1.807, 2.05) is 0 Å². The maximum Gasteiger partial charge on any atom is 0.332 e. The topological polar surface area (TPSA) is 71.0 Å². The fourth-order valence-electron chi connectivity index (χ4n) is 2.55. The van der Waals surface area contributed by atoms with Gasteiger partial charge in [-0.2, -0.15) is 0 Å². The number of carbonyl (C=O) groups is 1. The van der Waals surface area contributed by atoms with Crippen LogP contribution in [0.1, 0.15) is 19.3 Å². The molecule has 0 bridgehead atoms. The van der Waals surface area contributed by atoms with Crippen molar-refractivity contribution in [1.29, 1.82) is 0 Å². The summed E-state index contributed by atoms with van der Waals surface area (Å²) >= 11 is 0. The number of hydrogen-bond acceptors (Lipinski definition) is 5. The van der Waals surface area contributed by atoms with Crippen molar-refractivity contribution >= 4 is 5.97 Å². The van der Waals surface area contributed by atoms with Crippen LogP contribution in [0.4, 0.5) is 0 Å². The number of ether oxygens (including phenoxy) is 2. The van der Waals surface area contributed by atoms with E-state index in [0.29, 0.717) is 6.42 Å². The average molecular weight is 272 g/mol. The molecule has 2 heterocycles. The highest BCUT2D eigenvalue weighted by Gasteiger charge is 2.29. The molecule has 0 spiro atoms. The predicted octanol–water partition coefficient (Wildman–Crippen LogP) is -0.0695. The van der Waals surface area contributed by atoms with Crippen molar-refractivity contribution in [2.75, 3.05) is 45.9 Å². The van der Waals surface area contributed by atoms with Gasteiger partial charge in [-0.1, -0.05) is 0 Å². The Bertz CT molecular complexity index is 282. The maximum atomic E-state index is 10.7. The smallest absolute Gasteiger partial charge is 0.332 e. The molecule has 6 nitrogen and oxygen atoms in total.